The summed E-state index contributed by atoms with van der Waals surface area (Å²) >= 11 is 0. The number of aryl methyl sites for hydroxylation is 1. The Morgan fingerprint density at radius 1 is 1.27 bits per heavy atom. The lowest BCUT2D eigenvalue weighted by atomic mass is 9.71. The van der Waals surface area contributed by atoms with Crippen LogP contribution in [0.5, 0.6) is 0 Å². The molecule has 1 spiro atoms. The van der Waals surface area contributed by atoms with Gasteiger partial charge in [-0.3, -0.25) is 4.79 Å². The maximum Gasteiger partial charge on any atom is 0.417 e. The normalized spacial score (nSPS) is 20.2. The fraction of sp³-hybridized carbons (Fsp3) is 0.458. The number of benzene rings is 1. The molecule has 4 rings (SSSR count). The van der Waals surface area contributed by atoms with Crippen LogP contribution in [-0.2, 0) is 6.18 Å². The molecule has 1 aromatic carbocycles. The number of amides is 1. The molecule has 2 aromatic rings. The zero-order valence-electron chi connectivity index (χ0n) is 18.3. The zero-order chi connectivity index (χ0) is 23.8. The zero-order valence-corrected chi connectivity index (χ0v) is 18.3. The first-order chi connectivity index (χ1) is 15.7. The van der Waals surface area contributed by atoms with Gasteiger partial charge in [0.25, 0.3) is 5.91 Å². The Kier molecular flexibility index (Phi) is 6.06. The molecular weight excluding hydrogens is 433 g/mol. The standard InChI is InChI=1S/C24H25F3N4O2/c1-16-3-2-4-21(29-16)22(33)31-13-18(14-32)23(15-31)7-9-30(10-8-23)19-6-5-17(12-28)20(11-19)24(25,26)27/h2-6,11,18,32H,7-10,13-15H2,1H3. The van der Waals surface area contributed by atoms with Crippen molar-refractivity contribution < 1.29 is 23.1 Å². The van der Waals surface area contributed by atoms with E-state index in [9.17, 15) is 23.1 Å². The van der Waals surface area contributed by atoms with Gasteiger partial charge in [-0.25, -0.2) is 4.98 Å². The number of nitrogens with zero attached hydrogens (tertiary/aromatic N) is 4. The maximum absolute atomic E-state index is 13.4. The summed E-state index contributed by atoms with van der Waals surface area (Å²) in [6.07, 6.45) is -3.31. The third-order valence-corrected chi connectivity index (χ3v) is 6.98. The molecule has 2 aliphatic rings. The van der Waals surface area contributed by atoms with Crippen molar-refractivity contribution in [3.05, 3.63) is 58.9 Å². The van der Waals surface area contributed by atoms with E-state index in [-0.39, 0.29) is 23.8 Å². The van der Waals surface area contributed by atoms with E-state index >= 15 is 0 Å². The fourth-order valence-corrected chi connectivity index (χ4v) is 5.10. The Bertz CT molecular complexity index is 1090. The fourth-order valence-electron chi connectivity index (χ4n) is 5.10. The SMILES string of the molecule is Cc1cccc(C(=O)N2CC(CO)C3(CCN(c4ccc(C#N)c(C(F)(F)F)c4)CC3)C2)n1. The van der Waals surface area contributed by atoms with Gasteiger partial charge in [0, 0.05) is 50.1 Å². The molecule has 1 atom stereocenters. The van der Waals surface area contributed by atoms with Crippen LogP contribution < -0.4 is 4.90 Å². The Hall–Kier alpha value is -3.12. The minimum Gasteiger partial charge on any atom is -0.396 e. The van der Waals surface area contributed by atoms with Gasteiger partial charge in [-0.05, 0) is 55.5 Å². The Labute approximate surface area is 190 Å². The van der Waals surface area contributed by atoms with Crippen LogP contribution in [0.15, 0.2) is 36.4 Å². The molecule has 33 heavy (non-hydrogen) atoms. The van der Waals surface area contributed by atoms with Gasteiger partial charge < -0.3 is 14.9 Å². The number of aromatic nitrogens is 1. The molecule has 1 aromatic heterocycles. The quantitative estimate of drug-likeness (QED) is 0.760. The second-order valence-corrected chi connectivity index (χ2v) is 8.92. The highest BCUT2D eigenvalue weighted by Crippen LogP contribution is 2.46. The summed E-state index contributed by atoms with van der Waals surface area (Å²) in [6, 6.07) is 10.7. The number of halogens is 3. The summed E-state index contributed by atoms with van der Waals surface area (Å²) < 4.78 is 40.1. The largest absolute Gasteiger partial charge is 0.417 e. The van der Waals surface area contributed by atoms with E-state index in [4.69, 9.17) is 5.26 Å². The Balaban J connectivity index is 1.50. The number of aliphatic hydroxyl groups is 1. The van der Waals surface area contributed by atoms with Crippen molar-refractivity contribution in [3.8, 4) is 6.07 Å². The van der Waals surface area contributed by atoms with Crippen LogP contribution in [0.3, 0.4) is 0 Å². The summed E-state index contributed by atoms with van der Waals surface area (Å²) in [7, 11) is 0. The average Bonchev–Trinajstić information content (AvgIpc) is 3.16. The highest BCUT2D eigenvalue weighted by atomic mass is 19.4. The molecule has 1 amide bonds. The van der Waals surface area contributed by atoms with Gasteiger partial charge in [-0.15, -0.1) is 0 Å². The number of piperidine rings is 1. The van der Waals surface area contributed by atoms with Crippen LogP contribution in [0.4, 0.5) is 18.9 Å². The number of hydrogen-bond donors (Lipinski definition) is 1. The molecule has 2 saturated heterocycles. The topological polar surface area (TPSA) is 80.5 Å². The minimum atomic E-state index is -4.60. The van der Waals surface area contributed by atoms with Gasteiger partial charge in [-0.1, -0.05) is 6.07 Å². The van der Waals surface area contributed by atoms with Gasteiger partial charge in [0.2, 0.25) is 0 Å². The summed E-state index contributed by atoms with van der Waals surface area (Å²) in [4.78, 5) is 20.9. The molecule has 9 heteroatoms. The lowest BCUT2D eigenvalue weighted by molar-refractivity contribution is -0.137. The van der Waals surface area contributed by atoms with Crippen molar-refractivity contribution in [2.45, 2.75) is 25.9 Å². The molecule has 0 bridgehead atoms. The number of carbonyl (C=O) groups excluding carboxylic acids is 1. The number of aliphatic hydroxyl groups excluding tert-OH is 1. The second-order valence-electron chi connectivity index (χ2n) is 8.92. The molecular formula is C24H25F3N4O2. The first-order valence-electron chi connectivity index (χ1n) is 10.9. The predicted molar refractivity (Wildman–Crippen MR) is 115 cm³/mol. The average molecular weight is 458 g/mol. The number of nitriles is 1. The van der Waals surface area contributed by atoms with E-state index in [1.807, 2.05) is 17.9 Å². The molecule has 1 N–H and O–H groups in total. The monoisotopic (exact) mass is 458 g/mol. The van der Waals surface area contributed by atoms with Crippen LogP contribution >= 0.6 is 0 Å². The van der Waals surface area contributed by atoms with E-state index < -0.39 is 17.3 Å². The summed E-state index contributed by atoms with van der Waals surface area (Å²) in [5.74, 6) is -0.265. The molecule has 174 valence electrons. The van der Waals surface area contributed by atoms with Crippen molar-refractivity contribution >= 4 is 11.6 Å². The van der Waals surface area contributed by atoms with Crippen LogP contribution in [0, 0.1) is 29.6 Å². The van der Waals surface area contributed by atoms with E-state index in [0.29, 0.717) is 50.4 Å². The Morgan fingerprint density at radius 3 is 2.61 bits per heavy atom. The number of pyridine rings is 1. The number of rotatable bonds is 3. The lowest BCUT2D eigenvalue weighted by Crippen LogP contribution is -2.45. The van der Waals surface area contributed by atoms with Gasteiger partial charge in [0.15, 0.2) is 0 Å². The molecule has 0 saturated carbocycles. The van der Waals surface area contributed by atoms with Gasteiger partial charge in [0.05, 0.1) is 17.2 Å². The van der Waals surface area contributed by atoms with Crippen LogP contribution in [0.25, 0.3) is 0 Å². The van der Waals surface area contributed by atoms with Crippen LogP contribution in [0.1, 0.15) is 40.2 Å². The lowest BCUT2D eigenvalue weighted by Gasteiger charge is -2.43. The van der Waals surface area contributed by atoms with Gasteiger partial charge >= 0.3 is 6.18 Å². The molecule has 2 fully saturated rings. The number of hydrogen-bond acceptors (Lipinski definition) is 5. The first kappa shape index (κ1) is 23.1. The third kappa shape index (κ3) is 4.40. The third-order valence-electron chi connectivity index (χ3n) is 6.98. The molecule has 0 radical (unpaired) electrons. The van der Waals surface area contributed by atoms with Crippen molar-refractivity contribution in [1.29, 1.82) is 5.26 Å². The summed E-state index contributed by atoms with van der Waals surface area (Å²) in [6.45, 7) is 3.69. The molecule has 0 aliphatic carbocycles. The molecule has 6 nitrogen and oxygen atoms in total. The number of carbonyl (C=O) groups is 1. The Morgan fingerprint density at radius 2 is 2.00 bits per heavy atom. The number of anilines is 1. The van der Waals surface area contributed by atoms with Crippen molar-refractivity contribution in [1.82, 2.24) is 9.88 Å². The van der Waals surface area contributed by atoms with E-state index in [1.165, 1.54) is 6.07 Å². The summed E-state index contributed by atoms with van der Waals surface area (Å²) in [5, 5.41) is 19.1. The first-order valence-corrected chi connectivity index (χ1v) is 10.9. The number of alkyl halides is 3. The minimum absolute atomic E-state index is 0.0554. The van der Waals surface area contributed by atoms with E-state index in [2.05, 4.69) is 4.98 Å². The molecule has 3 heterocycles. The second kappa shape index (κ2) is 8.67. The predicted octanol–water partition coefficient (Wildman–Crippen LogP) is 3.63. The van der Waals surface area contributed by atoms with Crippen LogP contribution in [0.2, 0.25) is 0 Å². The van der Waals surface area contributed by atoms with Crippen LogP contribution in [-0.4, -0.2) is 53.7 Å². The van der Waals surface area contributed by atoms with Gasteiger partial charge in [-0.2, -0.15) is 18.4 Å². The van der Waals surface area contributed by atoms with E-state index in [1.54, 1.807) is 29.2 Å². The molecule has 1 unspecified atom stereocenters. The number of likely N-dealkylation sites (tertiary alicyclic amines) is 1. The van der Waals surface area contributed by atoms with Crippen molar-refractivity contribution in [2.24, 2.45) is 11.3 Å². The highest BCUT2D eigenvalue weighted by Gasteiger charge is 2.49. The van der Waals surface area contributed by atoms with Crippen molar-refractivity contribution in [3.63, 3.8) is 0 Å². The van der Waals surface area contributed by atoms with Crippen molar-refractivity contribution in [2.75, 3.05) is 37.7 Å². The van der Waals surface area contributed by atoms with Gasteiger partial charge in [0.1, 0.15) is 5.69 Å². The van der Waals surface area contributed by atoms with E-state index in [0.717, 1.165) is 11.8 Å². The maximum atomic E-state index is 13.4. The summed E-state index contributed by atoms with van der Waals surface area (Å²) in [5.41, 5.74) is -0.0638. The molecule has 2 aliphatic heterocycles. The smallest absolute Gasteiger partial charge is 0.396 e. The highest BCUT2D eigenvalue weighted by molar-refractivity contribution is 5.92.